The summed E-state index contributed by atoms with van der Waals surface area (Å²) in [5.41, 5.74) is 2.18. The highest BCUT2D eigenvalue weighted by molar-refractivity contribution is 14.2. The minimum atomic E-state index is -0.844. The lowest BCUT2D eigenvalue weighted by Crippen LogP contribution is -2.40. The van der Waals surface area contributed by atoms with Crippen LogP contribution in [0.3, 0.4) is 0 Å². The molecule has 1 fully saturated rings. The normalized spacial score (nSPS) is 18.0. The van der Waals surface area contributed by atoms with Crippen molar-refractivity contribution in [3.8, 4) is 0 Å². The van der Waals surface area contributed by atoms with Gasteiger partial charge in [0.25, 0.3) is 1.74 Å². The number of carbonyl (C=O) groups is 2. The van der Waals surface area contributed by atoms with Gasteiger partial charge >= 0.3 is 12.1 Å². The van der Waals surface area contributed by atoms with E-state index in [0.717, 1.165) is 16.7 Å². The van der Waals surface area contributed by atoms with Crippen molar-refractivity contribution in [3.63, 3.8) is 0 Å². The van der Waals surface area contributed by atoms with E-state index in [0.29, 0.717) is 6.61 Å². The lowest BCUT2D eigenvalue weighted by molar-refractivity contribution is -0.153. The molecule has 6 nitrogen and oxygen atoms in total. The molecule has 2 aromatic carbocycles. The van der Waals surface area contributed by atoms with Gasteiger partial charge < -0.3 is 14.2 Å². The zero-order chi connectivity index (χ0) is 22.6. The van der Waals surface area contributed by atoms with Crippen LogP contribution in [0, 0.1) is 0 Å². The van der Waals surface area contributed by atoms with E-state index in [1.807, 2.05) is 75.4 Å². The molecule has 1 aliphatic rings. The minimum absolute atomic E-state index is 0.196. The van der Waals surface area contributed by atoms with Crippen molar-refractivity contribution in [2.45, 2.75) is 47.2 Å². The van der Waals surface area contributed by atoms with Crippen LogP contribution < -0.4 is 0 Å². The molecule has 1 atom stereocenters. The van der Waals surface area contributed by atoms with E-state index < -0.39 is 13.4 Å². The molecule has 0 saturated carbocycles. The number of benzene rings is 2. The lowest BCUT2D eigenvalue weighted by atomic mass is 10.0. The first-order chi connectivity index (χ1) is 14.5. The van der Waals surface area contributed by atoms with Crippen LogP contribution in [0.15, 0.2) is 54.6 Å². The zero-order valence-corrected chi connectivity index (χ0v) is 22.0. The average Bonchev–Trinajstić information content (AvgIpc) is 3.01. The molecular weight excluding hydrogens is 624 g/mol. The van der Waals surface area contributed by atoms with Gasteiger partial charge in [0.05, 0.1) is 19.1 Å². The van der Waals surface area contributed by atoms with Gasteiger partial charge in [0.15, 0.2) is 0 Å². The Kier molecular flexibility index (Phi) is 7.85. The maximum absolute atomic E-state index is 12.9. The monoisotopic (exact) mass is 649 g/mol. The largest absolute Gasteiger partial charge is 0.460 e. The van der Waals surface area contributed by atoms with Crippen LogP contribution in [0.5, 0.6) is 0 Å². The maximum Gasteiger partial charge on any atom is 0.414 e. The number of rotatable bonds is 5. The first kappa shape index (κ1) is 24.2. The van der Waals surface area contributed by atoms with E-state index in [2.05, 4.69) is 45.2 Å². The molecule has 166 valence electrons. The van der Waals surface area contributed by atoms with E-state index >= 15 is 0 Å². The molecule has 0 aliphatic carbocycles. The molecule has 1 heterocycles. The summed E-state index contributed by atoms with van der Waals surface area (Å²) < 4.78 is 16.0. The Morgan fingerprint density at radius 3 is 2.32 bits per heavy atom. The molecule has 31 heavy (non-hydrogen) atoms. The molecule has 1 amide bonds. The van der Waals surface area contributed by atoms with Crippen LogP contribution in [0.1, 0.15) is 43.5 Å². The lowest BCUT2D eigenvalue weighted by Gasteiger charge is -2.30. The number of hydrogen-bond acceptors (Lipinski definition) is 5. The summed E-state index contributed by atoms with van der Waals surface area (Å²) in [5.74, 6) is -0.269. The molecule has 0 aromatic heterocycles. The SMILES string of the molecule is CC(C)(C)OC(=O)Cc1ccc([C@H]2COC(I)(I)N2C(=O)OCc2ccccc2)cc1. The topological polar surface area (TPSA) is 65.1 Å². The minimum Gasteiger partial charge on any atom is -0.460 e. The average molecular weight is 649 g/mol. The number of hydrogen-bond donors (Lipinski definition) is 0. The molecule has 0 radical (unpaired) electrons. The van der Waals surface area contributed by atoms with Gasteiger partial charge in [-0.25, -0.2) is 4.79 Å². The molecule has 0 spiro atoms. The second-order valence-electron chi connectivity index (χ2n) is 8.23. The number of esters is 1. The fourth-order valence-corrected chi connectivity index (χ4v) is 4.60. The van der Waals surface area contributed by atoms with E-state index in [-0.39, 0.29) is 25.0 Å². The Morgan fingerprint density at radius 2 is 1.71 bits per heavy atom. The summed E-state index contributed by atoms with van der Waals surface area (Å²) in [6.07, 6.45) is -0.239. The summed E-state index contributed by atoms with van der Waals surface area (Å²) in [7, 11) is 0. The van der Waals surface area contributed by atoms with Crippen molar-refractivity contribution in [1.82, 2.24) is 4.90 Å². The van der Waals surface area contributed by atoms with Crippen LogP contribution in [0.2, 0.25) is 0 Å². The predicted octanol–water partition coefficient (Wildman–Crippen LogP) is 5.76. The predicted molar refractivity (Wildman–Crippen MR) is 134 cm³/mol. The number of ether oxygens (including phenoxy) is 3. The first-order valence-electron chi connectivity index (χ1n) is 9.88. The van der Waals surface area contributed by atoms with Gasteiger partial charge in [-0.1, -0.05) is 54.6 Å². The number of amides is 1. The number of nitrogens with zero attached hydrogens (tertiary/aromatic N) is 1. The molecule has 1 saturated heterocycles. The summed E-state index contributed by atoms with van der Waals surface area (Å²) in [6.45, 7) is 6.10. The second-order valence-corrected chi connectivity index (χ2v) is 13.2. The Labute approximate surface area is 209 Å². The number of alkyl halides is 2. The van der Waals surface area contributed by atoms with Gasteiger partial charge in [0, 0.05) is 0 Å². The van der Waals surface area contributed by atoms with Gasteiger partial charge in [-0.05, 0) is 82.6 Å². The Hall–Kier alpha value is -1.40. The molecular formula is C23H25I2NO5. The van der Waals surface area contributed by atoms with Crippen molar-refractivity contribution in [2.24, 2.45) is 0 Å². The van der Waals surface area contributed by atoms with Crippen molar-refractivity contribution in [2.75, 3.05) is 6.61 Å². The molecule has 0 unspecified atom stereocenters. The smallest absolute Gasteiger partial charge is 0.414 e. The van der Waals surface area contributed by atoms with Crippen LogP contribution in [-0.4, -0.2) is 30.9 Å². The highest BCUT2D eigenvalue weighted by atomic mass is 127. The first-order valence-corrected chi connectivity index (χ1v) is 12.0. The van der Waals surface area contributed by atoms with Crippen molar-refractivity contribution in [3.05, 3.63) is 71.3 Å². The van der Waals surface area contributed by atoms with Gasteiger partial charge in [0.1, 0.15) is 12.2 Å². The Morgan fingerprint density at radius 1 is 1.06 bits per heavy atom. The number of halogens is 2. The zero-order valence-electron chi connectivity index (χ0n) is 17.6. The Bertz CT molecular complexity index is 910. The fraction of sp³-hybridized carbons (Fsp3) is 0.391. The van der Waals surface area contributed by atoms with Gasteiger partial charge in [-0.2, -0.15) is 0 Å². The van der Waals surface area contributed by atoms with E-state index in [1.54, 1.807) is 4.90 Å². The van der Waals surface area contributed by atoms with Gasteiger partial charge in [0.2, 0.25) is 0 Å². The highest BCUT2D eigenvalue weighted by Crippen LogP contribution is 2.46. The molecule has 1 aliphatic heterocycles. The van der Waals surface area contributed by atoms with Gasteiger partial charge in [-0.3, -0.25) is 9.69 Å². The molecule has 2 aromatic rings. The maximum atomic E-state index is 12.9. The van der Waals surface area contributed by atoms with Crippen LogP contribution >= 0.6 is 45.2 Å². The van der Waals surface area contributed by atoms with Crippen LogP contribution in [0.25, 0.3) is 0 Å². The summed E-state index contributed by atoms with van der Waals surface area (Å²) in [4.78, 5) is 26.6. The third-order valence-electron chi connectivity index (χ3n) is 4.54. The summed E-state index contributed by atoms with van der Waals surface area (Å²) >= 11 is 4.21. The Balaban J connectivity index is 1.68. The third-order valence-corrected chi connectivity index (χ3v) is 6.20. The van der Waals surface area contributed by atoms with Gasteiger partial charge in [-0.15, -0.1) is 0 Å². The van der Waals surface area contributed by atoms with E-state index in [9.17, 15) is 9.59 Å². The highest BCUT2D eigenvalue weighted by Gasteiger charge is 2.48. The van der Waals surface area contributed by atoms with Crippen molar-refractivity contribution < 1.29 is 23.8 Å². The number of carbonyl (C=O) groups excluding carboxylic acids is 2. The molecule has 3 rings (SSSR count). The fourth-order valence-electron chi connectivity index (χ4n) is 3.17. The van der Waals surface area contributed by atoms with E-state index in [1.165, 1.54) is 0 Å². The third kappa shape index (κ3) is 6.79. The van der Waals surface area contributed by atoms with Crippen molar-refractivity contribution >= 4 is 57.2 Å². The standard InChI is InChI=1S/C23H25I2NO5/c1-22(2,3)31-20(27)13-16-9-11-18(12-10-16)19-15-30-23(24,25)26(19)21(28)29-14-17-7-5-4-6-8-17/h4-12,19H,13-15H2,1-3H3/t19-/m1/s1. The van der Waals surface area contributed by atoms with Crippen molar-refractivity contribution in [1.29, 1.82) is 0 Å². The molecule has 0 N–H and O–H groups in total. The second kappa shape index (κ2) is 10.0. The molecule has 0 bridgehead atoms. The van der Waals surface area contributed by atoms with E-state index in [4.69, 9.17) is 14.2 Å². The van der Waals surface area contributed by atoms with Crippen LogP contribution in [-0.2, 0) is 32.0 Å². The summed E-state index contributed by atoms with van der Waals surface area (Å²) in [5, 5.41) is 0. The summed E-state index contributed by atoms with van der Waals surface area (Å²) in [6, 6.07) is 16.9. The molecule has 8 heteroatoms. The quantitative estimate of drug-likeness (QED) is 0.179. The van der Waals surface area contributed by atoms with Crippen LogP contribution in [0.4, 0.5) is 4.79 Å².